The number of hydrogen-bond donors (Lipinski definition) is 0. The van der Waals surface area contributed by atoms with E-state index in [-0.39, 0.29) is 5.41 Å². The molecular weight excluding hydrogens is 773 g/mol. The van der Waals surface area contributed by atoms with E-state index in [0.717, 1.165) is 17.1 Å². The fourth-order valence-corrected chi connectivity index (χ4v) is 11.1. The van der Waals surface area contributed by atoms with Gasteiger partial charge in [0, 0.05) is 44.3 Å². The van der Waals surface area contributed by atoms with Crippen molar-refractivity contribution in [3.63, 3.8) is 0 Å². The lowest BCUT2D eigenvalue weighted by atomic mass is 9.73. The van der Waals surface area contributed by atoms with Crippen LogP contribution in [0.4, 0.5) is 17.1 Å². The van der Waals surface area contributed by atoms with Crippen molar-refractivity contribution in [3.05, 3.63) is 253 Å². The zero-order chi connectivity index (χ0) is 42.4. The number of rotatable bonds is 7. The molecule has 0 saturated heterocycles. The molecule has 0 N–H and O–H groups in total. The van der Waals surface area contributed by atoms with E-state index in [0.29, 0.717) is 0 Å². The van der Waals surface area contributed by atoms with Gasteiger partial charge in [0.05, 0.1) is 22.4 Å². The number of hydrogen-bond acceptors (Lipinski definition) is 1. The van der Waals surface area contributed by atoms with Crippen molar-refractivity contribution in [3.8, 4) is 61.3 Å². The summed E-state index contributed by atoms with van der Waals surface area (Å²) in [5.74, 6) is 0. The van der Waals surface area contributed by atoms with Crippen molar-refractivity contribution in [2.24, 2.45) is 0 Å². The average Bonchev–Trinajstić information content (AvgIpc) is 3.80. The number of anilines is 3. The molecule has 0 radical (unpaired) electrons. The number of para-hydroxylation sites is 3. The first-order chi connectivity index (χ1) is 31.7. The predicted molar refractivity (Wildman–Crippen MR) is 268 cm³/mol. The molecule has 1 unspecified atom stereocenters. The van der Waals surface area contributed by atoms with Gasteiger partial charge < -0.3 is 9.47 Å². The lowest BCUT2D eigenvalue weighted by Crippen LogP contribution is -2.22. The Morgan fingerprint density at radius 3 is 1.72 bits per heavy atom. The van der Waals surface area contributed by atoms with Crippen LogP contribution >= 0.6 is 0 Å². The highest BCUT2D eigenvalue weighted by atomic mass is 15.1. The van der Waals surface area contributed by atoms with Crippen LogP contribution in [-0.4, -0.2) is 4.57 Å². The van der Waals surface area contributed by atoms with Crippen LogP contribution in [0.3, 0.4) is 0 Å². The number of aromatic nitrogens is 1. The molecule has 2 aliphatic rings. The smallest absolute Gasteiger partial charge is 0.0623 e. The summed E-state index contributed by atoms with van der Waals surface area (Å²) in [7, 11) is 0. The Labute approximate surface area is 373 Å². The summed E-state index contributed by atoms with van der Waals surface area (Å²) < 4.78 is 2.55. The SMILES string of the molecule is CC1(c2ccccc2)c2ccc(-c3ccc(N(c4ccccc4)c4ccc(-c5ccccc5)cc4-c4ccccc4)cc3)c3c2-c2c1ccc1c4ccccc4n(c21)-c1ccccc1-3. The van der Waals surface area contributed by atoms with E-state index >= 15 is 0 Å². The highest BCUT2D eigenvalue weighted by Crippen LogP contribution is 2.61. The minimum absolute atomic E-state index is 0.340. The van der Waals surface area contributed by atoms with E-state index in [1.807, 2.05) is 0 Å². The van der Waals surface area contributed by atoms with Gasteiger partial charge in [-0.25, -0.2) is 0 Å². The summed E-state index contributed by atoms with van der Waals surface area (Å²) >= 11 is 0. The van der Waals surface area contributed by atoms with Crippen molar-refractivity contribution < 1.29 is 0 Å². The topological polar surface area (TPSA) is 8.17 Å². The van der Waals surface area contributed by atoms with Gasteiger partial charge in [0.15, 0.2) is 0 Å². The van der Waals surface area contributed by atoms with Gasteiger partial charge in [0.1, 0.15) is 0 Å². The van der Waals surface area contributed by atoms with E-state index in [1.165, 1.54) is 99.8 Å². The van der Waals surface area contributed by atoms with Crippen molar-refractivity contribution >= 4 is 38.9 Å². The standard InChI is InChI=1S/C62H42N2/c1-62(45-22-10-4-11-23-45)53-37-35-48(58-51-27-15-17-29-56(51)64-55-28-16-14-26-49(55)50-36-38-54(62)60(59(53)58)61(50)64)43-30-33-47(34-31-43)63(46-24-12-5-13-25-46)57-39-32-44(41-18-6-2-7-19-41)40-52(57)42-20-8-3-9-21-42/h2-40H,1H3. The van der Waals surface area contributed by atoms with Gasteiger partial charge >= 0.3 is 0 Å². The van der Waals surface area contributed by atoms with Crippen molar-refractivity contribution in [2.75, 3.05) is 4.90 Å². The molecule has 13 rings (SSSR count). The number of nitrogens with zero attached hydrogens (tertiary/aromatic N) is 2. The van der Waals surface area contributed by atoms with Gasteiger partial charge in [0.25, 0.3) is 0 Å². The van der Waals surface area contributed by atoms with E-state index in [2.05, 4.69) is 253 Å². The summed E-state index contributed by atoms with van der Waals surface area (Å²) in [5, 5.41) is 2.58. The van der Waals surface area contributed by atoms with Crippen LogP contribution in [0.15, 0.2) is 237 Å². The van der Waals surface area contributed by atoms with Gasteiger partial charge in [-0.3, -0.25) is 0 Å². The minimum Gasteiger partial charge on any atom is -0.310 e. The van der Waals surface area contributed by atoms with Crippen LogP contribution in [0.5, 0.6) is 0 Å². The van der Waals surface area contributed by atoms with E-state index in [4.69, 9.17) is 0 Å². The molecule has 0 amide bonds. The first-order valence-corrected chi connectivity index (χ1v) is 22.3. The lowest BCUT2D eigenvalue weighted by molar-refractivity contribution is 0.714. The summed E-state index contributed by atoms with van der Waals surface area (Å²) in [6.07, 6.45) is 0. The normalized spacial score (nSPS) is 14.4. The third-order valence-corrected chi connectivity index (χ3v) is 14.0. The van der Waals surface area contributed by atoms with Gasteiger partial charge in [-0.2, -0.15) is 0 Å². The molecule has 1 aromatic heterocycles. The molecule has 2 heteroatoms. The third kappa shape index (κ3) is 5.26. The molecule has 0 spiro atoms. The second kappa shape index (κ2) is 14.2. The zero-order valence-corrected chi connectivity index (χ0v) is 35.4. The van der Waals surface area contributed by atoms with Crippen molar-refractivity contribution in [1.29, 1.82) is 0 Å². The third-order valence-electron chi connectivity index (χ3n) is 14.0. The Hall–Kier alpha value is -8.20. The van der Waals surface area contributed by atoms with Crippen LogP contribution in [0.25, 0.3) is 83.1 Å². The maximum atomic E-state index is 2.55. The van der Waals surface area contributed by atoms with Crippen LogP contribution in [0.1, 0.15) is 23.6 Å². The van der Waals surface area contributed by atoms with E-state index < -0.39 is 0 Å². The van der Waals surface area contributed by atoms with Crippen LogP contribution < -0.4 is 4.90 Å². The lowest BCUT2D eigenvalue weighted by Gasteiger charge is -2.29. The van der Waals surface area contributed by atoms with Crippen molar-refractivity contribution in [1.82, 2.24) is 4.57 Å². The second-order valence-corrected chi connectivity index (χ2v) is 17.3. The zero-order valence-electron chi connectivity index (χ0n) is 35.4. The minimum atomic E-state index is -0.340. The van der Waals surface area contributed by atoms with Gasteiger partial charge in [0.2, 0.25) is 0 Å². The van der Waals surface area contributed by atoms with Crippen LogP contribution in [0, 0.1) is 0 Å². The molecule has 11 aromatic rings. The van der Waals surface area contributed by atoms with Gasteiger partial charge in [-0.05, 0) is 111 Å². The Morgan fingerprint density at radius 1 is 0.375 bits per heavy atom. The molecule has 1 aliphatic heterocycles. The number of benzene rings is 10. The Kier molecular flexibility index (Phi) is 8.07. The van der Waals surface area contributed by atoms with Crippen LogP contribution in [-0.2, 0) is 5.41 Å². The molecular formula is C62H42N2. The highest BCUT2D eigenvalue weighted by molar-refractivity contribution is 6.20. The molecule has 2 nitrogen and oxygen atoms in total. The van der Waals surface area contributed by atoms with Gasteiger partial charge in [-0.15, -0.1) is 0 Å². The monoisotopic (exact) mass is 814 g/mol. The predicted octanol–water partition coefficient (Wildman–Crippen LogP) is 16.6. The summed E-state index contributed by atoms with van der Waals surface area (Å²) in [5.41, 5.74) is 23.1. The molecule has 10 aromatic carbocycles. The molecule has 2 heterocycles. The Bertz CT molecular complexity index is 3590. The van der Waals surface area contributed by atoms with Crippen molar-refractivity contribution in [2.45, 2.75) is 12.3 Å². The van der Waals surface area contributed by atoms with E-state index in [9.17, 15) is 0 Å². The summed E-state index contributed by atoms with van der Waals surface area (Å²) in [4.78, 5) is 2.41. The molecule has 0 saturated carbocycles. The van der Waals surface area contributed by atoms with E-state index in [1.54, 1.807) is 0 Å². The fraction of sp³-hybridized carbons (Fsp3) is 0.0323. The quantitative estimate of drug-likeness (QED) is 0.156. The molecule has 0 bridgehead atoms. The largest absolute Gasteiger partial charge is 0.310 e. The Morgan fingerprint density at radius 2 is 0.953 bits per heavy atom. The second-order valence-electron chi connectivity index (χ2n) is 17.3. The average molecular weight is 815 g/mol. The first kappa shape index (κ1) is 36.5. The molecule has 0 fully saturated rings. The Balaban J connectivity index is 1.04. The maximum Gasteiger partial charge on any atom is 0.0623 e. The molecule has 300 valence electrons. The summed E-state index contributed by atoms with van der Waals surface area (Å²) in [6, 6.07) is 87.1. The highest BCUT2D eigenvalue weighted by Gasteiger charge is 2.45. The van der Waals surface area contributed by atoms with Gasteiger partial charge in [-0.1, -0.05) is 188 Å². The fourth-order valence-electron chi connectivity index (χ4n) is 11.1. The molecule has 64 heavy (non-hydrogen) atoms. The first-order valence-electron chi connectivity index (χ1n) is 22.3. The molecule has 1 atom stereocenters. The summed E-state index contributed by atoms with van der Waals surface area (Å²) in [6.45, 7) is 2.44. The maximum absolute atomic E-state index is 2.55. The van der Waals surface area contributed by atoms with Crippen LogP contribution in [0.2, 0.25) is 0 Å². The molecule has 1 aliphatic carbocycles. The number of fused-ring (bicyclic) bond motifs is 6.